The molecule has 1 aromatic heterocycles. The Labute approximate surface area is 118 Å². The van der Waals surface area contributed by atoms with Crippen LogP contribution in [0.5, 0.6) is 0 Å². The van der Waals surface area contributed by atoms with Crippen LogP contribution in [0.3, 0.4) is 0 Å². The van der Waals surface area contributed by atoms with Crippen LogP contribution < -0.4 is 5.32 Å². The summed E-state index contributed by atoms with van der Waals surface area (Å²) in [5.74, 6) is 0. The second kappa shape index (κ2) is 6.37. The number of benzene rings is 1. The SMILES string of the molecule is CCCNC(c1cccc(Cl)c1)c1ccc(C)s1. The second-order valence-electron chi connectivity index (χ2n) is 4.39. The van der Waals surface area contributed by atoms with E-state index in [1.807, 2.05) is 29.5 Å². The Hall–Kier alpha value is -0.830. The molecule has 2 aromatic rings. The molecule has 1 atom stereocenters. The van der Waals surface area contributed by atoms with Crippen LogP contribution in [-0.4, -0.2) is 6.54 Å². The monoisotopic (exact) mass is 279 g/mol. The number of thiophene rings is 1. The van der Waals surface area contributed by atoms with Gasteiger partial charge in [-0.25, -0.2) is 0 Å². The standard InChI is InChI=1S/C15H18ClNS/c1-3-9-17-15(14-8-7-11(2)18-14)12-5-4-6-13(16)10-12/h4-8,10,15,17H,3,9H2,1-2H3. The molecule has 96 valence electrons. The molecule has 0 bridgehead atoms. The molecule has 18 heavy (non-hydrogen) atoms. The number of nitrogens with one attached hydrogen (secondary N) is 1. The third kappa shape index (κ3) is 3.35. The molecular weight excluding hydrogens is 262 g/mol. The van der Waals surface area contributed by atoms with Crippen LogP contribution in [0.4, 0.5) is 0 Å². The van der Waals surface area contributed by atoms with Crippen molar-refractivity contribution in [2.75, 3.05) is 6.54 Å². The van der Waals surface area contributed by atoms with Crippen LogP contribution in [0.25, 0.3) is 0 Å². The molecule has 0 aliphatic rings. The number of hydrogen-bond donors (Lipinski definition) is 1. The van der Waals surface area contributed by atoms with Gasteiger partial charge in [-0.2, -0.15) is 0 Å². The molecule has 1 nitrogen and oxygen atoms in total. The summed E-state index contributed by atoms with van der Waals surface area (Å²) in [5.41, 5.74) is 1.23. The normalized spacial score (nSPS) is 12.6. The molecule has 0 aliphatic carbocycles. The van der Waals surface area contributed by atoms with Crippen molar-refractivity contribution in [3.05, 3.63) is 56.7 Å². The van der Waals surface area contributed by atoms with Crippen LogP contribution in [0.2, 0.25) is 5.02 Å². The lowest BCUT2D eigenvalue weighted by atomic mass is 10.1. The minimum atomic E-state index is 0.252. The molecular formula is C15H18ClNS. The van der Waals surface area contributed by atoms with E-state index >= 15 is 0 Å². The maximum absolute atomic E-state index is 6.09. The molecule has 1 aromatic carbocycles. The van der Waals surface area contributed by atoms with Gasteiger partial charge in [0.15, 0.2) is 0 Å². The summed E-state index contributed by atoms with van der Waals surface area (Å²) in [7, 11) is 0. The highest BCUT2D eigenvalue weighted by molar-refractivity contribution is 7.12. The fourth-order valence-corrected chi connectivity index (χ4v) is 3.15. The lowest BCUT2D eigenvalue weighted by Crippen LogP contribution is -2.22. The summed E-state index contributed by atoms with van der Waals surface area (Å²) in [6, 6.07) is 12.7. The van der Waals surface area contributed by atoms with Gasteiger partial charge in [0, 0.05) is 14.8 Å². The lowest BCUT2D eigenvalue weighted by molar-refractivity contribution is 0.606. The van der Waals surface area contributed by atoms with Crippen molar-refractivity contribution in [2.24, 2.45) is 0 Å². The first kappa shape index (κ1) is 13.6. The smallest absolute Gasteiger partial charge is 0.0671 e. The average Bonchev–Trinajstić information content (AvgIpc) is 2.76. The minimum Gasteiger partial charge on any atom is -0.306 e. The Balaban J connectivity index is 2.30. The average molecular weight is 280 g/mol. The maximum Gasteiger partial charge on any atom is 0.0671 e. The highest BCUT2D eigenvalue weighted by Crippen LogP contribution is 2.29. The molecule has 1 heterocycles. The first-order valence-electron chi connectivity index (χ1n) is 6.26. The van der Waals surface area contributed by atoms with Gasteiger partial charge in [-0.3, -0.25) is 0 Å². The molecule has 0 saturated carbocycles. The van der Waals surface area contributed by atoms with Crippen LogP contribution in [0.1, 0.15) is 34.7 Å². The Bertz CT molecular complexity index is 507. The maximum atomic E-state index is 6.09. The van der Waals surface area contributed by atoms with Crippen molar-refractivity contribution in [3.8, 4) is 0 Å². The first-order valence-corrected chi connectivity index (χ1v) is 7.45. The third-order valence-corrected chi connectivity index (χ3v) is 4.13. The predicted molar refractivity (Wildman–Crippen MR) is 80.6 cm³/mol. The number of aryl methyl sites for hydroxylation is 1. The number of hydrogen-bond acceptors (Lipinski definition) is 2. The largest absolute Gasteiger partial charge is 0.306 e. The molecule has 0 aliphatic heterocycles. The van der Waals surface area contributed by atoms with Gasteiger partial charge < -0.3 is 5.32 Å². The fraction of sp³-hybridized carbons (Fsp3) is 0.333. The van der Waals surface area contributed by atoms with Crippen molar-refractivity contribution in [1.29, 1.82) is 0 Å². The zero-order valence-corrected chi connectivity index (χ0v) is 12.3. The van der Waals surface area contributed by atoms with E-state index in [9.17, 15) is 0 Å². The zero-order chi connectivity index (χ0) is 13.0. The van der Waals surface area contributed by atoms with E-state index in [0.717, 1.165) is 18.0 Å². The van der Waals surface area contributed by atoms with Crippen molar-refractivity contribution in [2.45, 2.75) is 26.3 Å². The molecule has 0 spiro atoms. The molecule has 0 fully saturated rings. The van der Waals surface area contributed by atoms with Gasteiger partial charge in [0.25, 0.3) is 0 Å². The van der Waals surface area contributed by atoms with E-state index in [2.05, 4.69) is 37.4 Å². The third-order valence-electron chi connectivity index (χ3n) is 2.83. The summed E-state index contributed by atoms with van der Waals surface area (Å²) in [6.45, 7) is 5.33. The van der Waals surface area contributed by atoms with Gasteiger partial charge in [-0.15, -0.1) is 11.3 Å². The van der Waals surface area contributed by atoms with Crippen molar-refractivity contribution in [3.63, 3.8) is 0 Å². The van der Waals surface area contributed by atoms with E-state index in [-0.39, 0.29) is 6.04 Å². The van der Waals surface area contributed by atoms with Gasteiger partial charge in [-0.1, -0.05) is 30.7 Å². The number of rotatable bonds is 5. The first-order chi connectivity index (χ1) is 8.70. The molecule has 3 heteroatoms. The zero-order valence-electron chi connectivity index (χ0n) is 10.7. The Morgan fingerprint density at radius 3 is 2.72 bits per heavy atom. The van der Waals surface area contributed by atoms with Crippen molar-refractivity contribution >= 4 is 22.9 Å². The van der Waals surface area contributed by atoms with Crippen LogP contribution in [0, 0.1) is 6.92 Å². The van der Waals surface area contributed by atoms with E-state index in [0.29, 0.717) is 0 Å². The molecule has 0 amide bonds. The second-order valence-corrected chi connectivity index (χ2v) is 6.15. The molecule has 0 saturated heterocycles. The Kier molecular flexibility index (Phi) is 4.81. The minimum absolute atomic E-state index is 0.252. The van der Waals surface area contributed by atoms with Crippen molar-refractivity contribution < 1.29 is 0 Å². The van der Waals surface area contributed by atoms with E-state index < -0.39 is 0 Å². The van der Waals surface area contributed by atoms with E-state index in [1.165, 1.54) is 15.3 Å². The predicted octanol–water partition coefficient (Wildman–Crippen LogP) is 4.80. The fourth-order valence-electron chi connectivity index (χ4n) is 1.97. The Morgan fingerprint density at radius 1 is 1.28 bits per heavy atom. The highest BCUT2D eigenvalue weighted by Gasteiger charge is 2.15. The topological polar surface area (TPSA) is 12.0 Å². The van der Waals surface area contributed by atoms with Gasteiger partial charge in [-0.05, 0) is 49.7 Å². The Morgan fingerprint density at radius 2 is 2.11 bits per heavy atom. The summed E-state index contributed by atoms with van der Waals surface area (Å²) >= 11 is 7.93. The van der Waals surface area contributed by atoms with Crippen LogP contribution in [0.15, 0.2) is 36.4 Å². The van der Waals surface area contributed by atoms with Crippen LogP contribution in [-0.2, 0) is 0 Å². The quantitative estimate of drug-likeness (QED) is 0.829. The summed E-state index contributed by atoms with van der Waals surface area (Å²) in [5, 5.41) is 4.39. The van der Waals surface area contributed by atoms with Gasteiger partial charge >= 0.3 is 0 Å². The van der Waals surface area contributed by atoms with Crippen molar-refractivity contribution in [1.82, 2.24) is 5.32 Å². The van der Waals surface area contributed by atoms with Crippen LogP contribution >= 0.6 is 22.9 Å². The summed E-state index contributed by atoms with van der Waals surface area (Å²) in [6.07, 6.45) is 1.13. The summed E-state index contributed by atoms with van der Waals surface area (Å²) in [4.78, 5) is 2.69. The molecule has 1 unspecified atom stereocenters. The van der Waals surface area contributed by atoms with Gasteiger partial charge in [0.1, 0.15) is 0 Å². The van der Waals surface area contributed by atoms with Gasteiger partial charge in [0.2, 0.25) is 0 Å². The van der Waals surface area contributed by atoms with E-state index in [1.54, 1.807) is 0 Å². The molecule has 1 N–H and O–H groups in total. The number of halogens is 1. The highest BCUT2D eigenvalue weighted by atomic mass is 35.5. The van der Waals surface area contributed by atoms with E-state index in [4.69, 9.17) is 11.6 Å². The summed E-state index contributed by atoms with van der Waals surface area (Å²) < 4.78 is 0. The molecule has 0 radical (unpaired) electrons. The van der Waals surface area contributed by atoms with Gasteiger partial charge in [0.05, 0.1) is 6.04 Å². The molecule has 2 rings (SSSR count). The lowest BCUT2D eigenvalue weighted by Gasteiger charge is -2.18.